The summed E-state index contributed by atoms with van der Waals surface area (Å²) in [6, 6.07) is 11.4. The molecule has 0 aromatic heterocycles. The maximum absolute atomic E-state index is 12.3. The molecule has 0 saturated heterocycles. The summed E-state index contributed by atoms with van der Waals surface area (Å²) in [7, 11) is 0. The van der Waals surface area contributed by atoms with E-state index in [-0.39, 0.29) is 25.0 Å². The first-order valence-electron chi connectivity index (χ1n) is 8.63. The highest BCUT2D eigenvalue weighted by atomic mass is 35.5. The van der Waals surface area contributed by atoms with Gasteiger partial charge in [0.1, 0.15) is 12.3 Å². The molecule has 0 unspecified atom stereocenters. The van der Waals surface area contributed by atoms with Crippen LogP contribution < -0.4 is 15.0 Å². The number of amides is 2. The van der Waals surface area contributed by atoms with Gasteiger partial charge in [-0.05, 0) is 55.3 Å². The number of anilines is 1. The van der Waals surface area contributed by atoms with Crippen LogP contribution in [0, 0.1) is 13.8 Å². The number of aryl methyl sites for hydroxylation is 2. The molecule has 2 amide bonds. The van der Waals surface area contributed by atoms with Crippen LogP contribution in [0.1, 0.15) is 11.1 Å². The standard InChI is InChI=1S/C20H21ClN2O3S/c1-13-3-5-16(9-14(13)2)27-8-7-22-19(24)11-23-17-10-15(21)4-6-18(17)26-12-20(23)25/h3-6,9-10H,7-8,11-12H2,1-2H3,(H,22,24). The van der Waals surface area contributed by atoms with Crippen molar-refractivity contribution in [1.82, 2.24) is 5.32 Å². The summed E-state index contributed by atoms with van der Waals surface area (Å²) >= 11 is 7.70. The lowest BCUT2D eigenvalue weighted by atomic mass is 10.1. The number of nitrogens with zero attached hydrogens (tertiary/aromatic N) is 1. The first kappa shape index (κ1) is 19.6. The molecule has 0 aliphatic carbocycles. The lowest BCUT2D eigenvalue weighted by molar-refractivity contribution is -0.125. The average molecular weight is 405 g/mol. The van der Waals surface area contributed by atoms with Crippen LogP contribution >= 0.6 is 23.4 Å². The van der Waals surface area contributed by atoms with Crippen LogP contribution in [0.25, 0.3) is 0 Å². The number of fused-ring (bicyclic) bond motifs is 1. The van der Waals surface area contributed by atoms with Gasteiger partial charge in [-0.15, -0.1) is 11.8 Å². The molecule has 5 nitrogen and oxygen atoms in total. The monoisotopic (exact) mass is 404 g/mol. The minimum absolute atomic E-state index is 0.0517. The van der Waals surface area contributed by atoms with Crippen molar-refractivity contribution in [2.75, 3.05) is 30.3 Å². The third kappa shape index (κ3) is 4.96. The Hall–Kier alpha value is -2.18. The number of thioether (sulfide) groups is 1. The molecule has 0 radical (unpaired) electrons. The van der Waals surface area contributed by atoms with Gasteiger partial charge in [0.25, 0.3) is 5.91 Å². The van der Waals surface area contributed by atoms with Crippen LogP contribution in [-0.4, -0.2) is 37.3 Å². The third-order valence-corrected chi connectivity index (χ3v) is 5.57. The number of carbonyl (C=O) groups is 2. The van der Waals surface area contributed by atoms with Gasteiger partial charge in [0.15, 0.2) is 6.61 Å². The number of halogens is 1. The van der Waals surface area contributed by atoms with Gasteiger partial charge in [-0.2, -0.15) is 0 Å². The topological polar surface area (TPSA) is 58.6 Å². The van der Waals surface area contributed by atoms with Crippen molar-refractivity contribution >= 4 is 40.9 Å². The predicted molar refractivity (Wildman–Crippen MR) is 109 cm³/mol. The van der Waals surface area contributed by atoms with E-state index in [1.54, 1.807) is 30.0 Å². The van der Waals surface area contributed by atoms with Gasteiger partial charge >= 0.3 is 0 Å². The van der Waals surface area contributed by atoms with E-state index >= 15 is 0 Å². The number of carbonyl (C=O) groups excluding carboxylic acids is 2. The lowest BCUT2D eigenvalue weighted by Crippen LogP contribution is -2.45. The van der Waals surface area contributed by atoms with Gasteiger partial charge in [0, 0.05) is 22.2 Å². The fraction of sp³-hybridized carbons (Fsp3) is 0.300. The van der Waals surface area contributed by atoms with Crippen LogP contribution in [0.3, 0.4) is 0 Å². The minimum atomic E-state index is -0.260. The first-order valence-corrected chi connectivity index (χ1v) is 10.00. The number of ether oxygens (including phenoxy) is 1. The molecule has 2 aromatic rings. The van der Waals surface area contributed by atoms with Crippen molar-refractivity contribution in [3.8, 4) is 5.75 Å². The summed E-state index contributed by atoms with van der Waals surface area (Å²) in [5, 5.41) is 3.35. The lowest BCUT2D eigenvalue weighted by Gasteiger charge is -2.29. The van der Waals surface area contributed by atoms with Gasteiger partial charge in [-0.3, -0.25) is 14.5 Å². The Kier molecular flexibility index (Phi) is 6.29. The molecule has 0 fully saturated rings. The molecule has 7 heteroatoms. The predicted octanol–water partition coefficient (Wildman–Crippen LogP) is 3.59. The van der Waals surface area contributed by atoms with Crippen LogP contribution in [0.2, 0.25) is 5.02 Å². The smallest absolute Gasteiger partial charge is 0.265 e. The Morgan fingerprint density at radius 3 is 2.81 bits per heavy atom. The Labute approximate surface area is 168 Å². The second-order valence-electron chi connectivity index (χ2n) is 6.33. The molecular formula is C20H21ClN2O3S. The number of nitrogens with one attached hydrogen (secondary N) is 1. The van der Waals surface area contributed by atoms with Crippen molar-refractivity contribution in [2.24, 2.45) is 0 Å². The molecule has 0 saturated carbocycles. The van der Waals surface area contributed by atoms with Crippen LogP contribution in [-0.2, 0) is 9.59 Å². The molecule has 142 valence electrons. The molecule has 1 N–H and O–H groups in total. The van der Waals surface area contributed by atoms with E-state index in [1.165, 1.54) is 20.9 Å². The maximum atomic E-state index is 12.3. The highest BCUT2D eigenvalue weighted by Gasteiger charge is 2.27. The fourth-order valence-electron chi connectivity index (χ4n) is 2.71. The van der Waals surface area contributed by atoms with Crippen LogP contribution in [0.15, 0.2) is 41.3 Å². The Morgan fingerprint density at radius 2 is 2.04 bits per heavy atom. The SMILES string of the molecule is Cc1ccc(SCCNC(=O)CN2C(=O)COc3ccc(Cl)cc32)cc1C. The number of hydrogen-bond donors (Lipinski definition) is 1. The van der Waals surface area contributed by atoms with E-state index in [9.17, 15) is 9.59 Å². The molecule has 0 atom stereocenters. The molecule has 3 rings (SSSR count). The average Bonchev–Trinajstić information content (AvgIpc) is 2.64. The third-order valence-electron chi connectivity index (χ3n) is 4.34. The Morgan fingerprint density at radius 1 is 1.22 bits per heavy atom. The van der Waals surface area contributed by atoms with Crippen molar-refractivity contribution in [3.05, 3.63) is 52.5 Å². The summed E-state index contributed by atoms with van der Waals surface area (Å²) in [6.45, 7) is 4.57. The van der Waals surface area contributed by atoms with Crippen molar-refractivity contribution < 1.29 is 14.3 Å². The molecule has 1 heterocycles. The largest absolute Gasteiger partial charge is 0.482 e. The molecule has 0 spiro atoms. The zero-order valence-corrected chi connectivity index (χ0v) is 16.8. The molecule has 1 aliphatic rings. The quantitative estimate of drug-likeness (QED) is 0.590. The van der Waals surface area contributed by atoms with Gasteiger partial charge in [0.2, 0.25) is 5.91 Å². The van der Waals surface area contributed by atoms with Crippen molar-refractivity contribution in [1.29, 1.82) is 0 Å². The summed E-state index contributed by atoms with van der Waals surface area (Å²) in [5.74, 6) is 0.839. The highest BCUT2D eigenvalue weighted by molar-refractivity contribution is 7.99. The number of rotatable bonds is 6. The van der Waals surface area contributed by atoms with Gasteiger partial charge in [-0.1, -0.05) is 17.7 Å². The number of hydrogen-bond acceptors (Lipinski definition) is 4. The van der Waals surface area contributed by atoms with Crippen LogP contribution in [0.5, 0.6) is 5.75 Å². The summed E-state index contributed by atoms with van der Waals surface area (Å²) < 4.78 is 5.38. The summed E-state index contributed by atoms with van der Waals surface area (Å²) in [5.41, 5.74) is 3.05. The summed E-state index contributed by atoms with van der Waals surface area (Å²) in [4.78, 5) is 27.0. The zero-order valence-electron chi connectivity index (χ0n) is 15.3. The highest BCUT2D eigenvalue weighted by Crippen LogP contribution is 2.34. The maximum Gasteiger partial charge on any atom is 0.265 e. The second-order valence-corrected chi connectivity index (χ2v) is 7.93. The van der Waals surface area contributed by atoms with E-state index < -0.39 is 0 Å². The normalized spacial score (nSPS) is 13.1. The Balaban J connectivity index is 1.51. The second kappa shape index (κ2) is 8.67. The van der Waals surface area contributed by atoms with Gasteiger partial charge in [0.05, 0.1) is 5.69 Å². The number of benzene rings is 2. The van der Waals surface area contributed by atoms with E-state index in [4.69, 9.17) is 16.3 Å². The van der Waals surface area contributed by atoms with E-state index in [2.05, 4.69) is 37.4 Å². The van der Waals surface area contributed by atoms with E-state index in [0.29, 0.717) is 23.0 Å². The molecule has 2 aromatic carbocycles. The zero-order chi connectivity index (χ0) is 19.4. The molecule has 0 bridgehead atoms. The summed E-state index contributed by atoms with van der Waals surface area (Å²) in [6.07, 6.45) is 0. The fourth-order valence-corrected chi connectivity index (χ4v) is 3.74. The van der Waals surface area contributed by atoms with E-state index in [1.807, 2.05) is 0 Å². The van der Waals surface area contributed by atoms with Gasteiger partial charge < -0.3 is 10.1 Å². The Bertz CT molecular complexity index is 872. The van der Waals surface area contributed by atoms with E-state index in [0.717, 1.165) is 5.75 Å². The molecule has 27 heavy (non-hydrogen) atoms. The molecule has 1 aliphatic heterocycles. The van der Waals surface area contributed by atoms with Crippen molar-refractivity contribution in [3.63, 3.8) is 0 Å². The van der Waals surface area contributed by atoms with Gasteiger partial charge in [-0.25, -0.2) is 0 Å². The molecular weight excluding hydrogens is 384 g/mol. The van der Waals surface area contributed by atoms with Crippen LogP contribution in [0.4, 0.5) is 5.69 Å². The first-order chi connectivity index (χ1) is 12.9. The van der Waals surface area contributed by atoms with Crippen molar-refractivity contribution in [2.45, 2.75) is 18.7 Å². The minimum Gasteiger partial charge on any atom is -0.482 e.